The third-order valence-electron chi connectivity index (χ3n) is 13.7. The van der Waals surface area contributed by atoms with Crippen LogP contribution in [0.2, 0.25) is 0 Å². The van der Waals surface area contributed by atoms with Gasteiger partial charge in [0.15, 0.2) is 17.1 Å². The zero-order chi connectivity index (χ0) is 51.5. The molecule has 9 nitrogen and oxygen atoms in total. The Kier molecular flexibility index (Phi) is 19.2. The van der Waals surface area contributed by atoms with E-state index >= 15 is 0 Å². The van der Waals surface area contributed by atoms with Crippen molar-refractivity contribution in [3.05, 3.63) is 229 Å². The standard InChI is InChI=1S/3C20H21FN2O.H2S/c3*1-22-18-9-10-19-15(13-18)14-24-20(19,11-4-12-23(2)3)16-5-7-17(21)8-6-16;/h3*5-10,13H,4,11-12,14H2,2-3H3;1H2. The molecule has 0 saturated heterocycles. The molecule has 3 atom stereocenters. The zero-order valence-electron chi connectivity index (χ0n) is 42.7. The number of fused-ring (bicyclic) bond motifs is 3. The minimum absolute atomic E-state index is 0. The van der Waals surface area contributed by atoms with Crippen LogP contribution in [0.3, 0.4) is 0 Å². The van der Waals surface area contributed by atoms with E-state index in [9.17, 15) is 13.2 Å². The van der Waals surface area contributed by atoms with Crippen molar-refractivity contribution in [2.24, 2.45) is 0 Å². The lowest BCUT2D eigenvalue weighted by Crippen LogP contribution is -2.28. The van der Waals surface area contributed by atoms with Gasteiger partial charge in [0, 0.05) is 0 Å². The Hall–Kier alpha value is -6.31. The predicted octanol–water partition coefficient (Wildman–Crippen LogP) is 13.6. The van der Waals surface area contributed by atoms with Crippen molar-refractivity contribution in [3.8, 4) is 0 Å². The first kappa shape index (κ1) is 56.0. The van der Waals surface area contributed by atoms with Crippen molar-refractivity contribution in [3.63, 3.8) is 0 Å². The van der Waals surface area contributed by atoms with Gasteiger partial charge in [0.05, 0.1) is 39.5 Å². The van der Waals surface area contributed by atoms with Crippen LogP contribution in [0.1, 0.15) is 88.6 Å². The summed E-state index contributed by atoms with van der Waals surface area (Å²) < 4.78 is 58.9. The molecule has 0 radical (unpaired) electrons. The molecule has 0 aliphatic carbocycles. The van der Waals surface area contributed by atoms with Crippen LogP contribution in [-0.4, -0.2) is 76.6 Å². The predicted molar refractivity (Wildman–Crippen MR) is 288 cm³/mol. The minimum Gasteiger partial charge on any atom is -0.361 e. The number of hydrogen-bond donors (Lipinski definition) is 0. The van der Waals surface area contributed by atoms with Crippen molar-refractivity contribution >= 4 is 30.6 Å². The van der Waals surface area contributed by atoms with Crippen molar-refractivity contribution < 1.29 is 27.4 Å². The van der Waals surface area contributed by atoms with E-state index in [1.807, 2.05) is 91.0 Å². The Morgan fingerprint density at radius 3 is 0.877 bits per heavy atom. The topological polar surface area (TPSA) is 50.5 Å². The molecule has 0 spiro atoms. The average molecular weight is 1010 g/mol. The first-order valence-electron chi connectivity index (χ1n) is 24.3. The van der Waals surface area contributed by atoms with Crippen LogP contribution < -0.4 is 0 Å². The number of ether oxygens (including phenoxy) is 3. The van der Waals surface area contributed by atoms with Gasteiger partial charge in [-0.1, -0.05) is 91.0 Å². The number of halogens is 3. The van der Waals surface area contributed by atoms with Gasteiger partial charge in [-0.25, -0.2) is 27.7 Å². The minimum atomic E-state index is -0.556. The van der Waals surface area contributed by atoms with Crippen LogP contribution in [0.25, 0.3) is 14.5 Å². The second kappa shape index (κ2) is 25.1. The third-order valence-corrected chi connectivity index (χ3v) is 13.7. The van der Waals surface area contributed by atoms with Crippen LogP contribution in [-0.2, 0) is 50.8 Å². The summed E-state index contributed by atoms with van der Waals surface area (Å²) in [4.78, 5) is 17.0. The zero-order valence-corrected chi connectivity index (χ0v) is 43.7. The van der Waals surface area contributed by atoms with E-state index in [4.69, 9.17) is 33.9 Å². The van der Waals surface area contributed by atoms with Crippen LogP contribution in [0, 0.1) is 37.2 Å². The van der Waals surface area contributed by atoms with Gasteiger partial charge < -0.3 is 28.9 Å². The monoisotopic (exact) mass is 1010 g/mol. The van der Waals surface area contributed by atoms with Crippen molar-refractivity contribution in [1.29, 1.82) is 0 Å². The number of benzene rings is 6. The lowest BCUT2D eigenvalue weighted by molar-refractivity contribution is -0.0141. The lowest BCUT2D eigenvalue weighted by atomic mass is 9.82. The molecule has 3 aliphatic rings. The smallest absolute Gasteiger partial charge is 0.187 e. The van der Waals surface area contributed by atoms with Crippen molar-refractivity contribution in [1.82, 2.24) is 14.7 Å². The Bertz CT molecular complexity index is 2620. The molecule has 73 heavy (non-hydrogen) atoms. The average Bonchev–Trinajstić information content (AvgIpc) is 4.06. The highest BCUT2D eigenvalue weighted by molar-refractivity contribution is 7.59. The maximum atomic E-state index is 13.4. The van der Waals surface area contributed by atoms with Crippen LogP contribution in [0.4, 0.5) is 30.2 Å². The SMILES string of the molecule is S.[C-]#[N+]c1ccc2c(c1)COC2(CCCN(C)C)c1ccc(F)cc1.[C-]#[N+]c1ccc2c(c1)COC2(CCCN(C)C)c1ccc(F)cc1.[C-]#[N+]c1ccc2c(c1)COC2(CCCN(C)C)c1ccc(F)cc1. The van der Waals surface area contributed by atoms with E-state index in [1.54, 1.807) is 0 Å². The van der Waals surface area contributed by atoms with E-state index in [0.29, 0.717) is 36.9 Å². The molecule has 0 bridgehead atoms. The maximum absolute atomic E-state index is 13.4. The quantitative estimate of drug-likeness (QED) is 0.0956. The van der Waals surface area contributed by atoms with Gasteiger partial charge in [0.25, 0.3) is 0 Å². The molecule has 380 valence electrons. The summed E-state index contributed by atoms with van der Waals surface area (Å²) in [6, 6.07) is 37.0. The summed E-state index contributed by atoms with van der Waals surface area (Å²) >= 11 is 0. The first-order valence-corrected chi connectivity index (χ1v) is 24.3. The molecule has 13 heteroatoms. The molecule has 0 amide bonds. The van der Waals surface area contributed by atoms with Crippen LogP contribution in [0.15, 0.2) is 127 Å². The maximum Gasteiger partial charge on any atom is 0.187 e. The first-order chi connectivity index (χ1) is 34.6. The number of hydrogen-bond acceptors (Lipinski definition) is 6. The summed E-state index contributed by atoms with van der Waals surface area (Å²) in [5.41, 5.74) is 9.57. The molecule has 0 saturated carbocycles. The van der Waals surface area contributed by atoms with Crippen molar-refractivity contribution in [2.75, 3.05) is 61.9 Å². The Balaban J connectivity index is 0.000000177. The Labute approximate surface area is 437 Å². The summed E-state index contributed by atoms with van der Waals surface area (Å²) in [6.45, 7) is 25.9. The highest BCUT2D eigenvalue weighted by Gasteiger charge is 2.44. The van der Waals surface area contributed by atoms with Gasteiger partial charge in [-0.05, 0) is 187 Å². The van der Waals surface area contributed by atoms with E-state index in [1.165, 1.54) is 36.4 Å². The van der Waals surface area contributed by atoms with Gasteiger partial charge in [-0.2, -0.15) is 13.5 Å². The van der Waals surface area contributed by atoms with Gasteiger partial charge in [-0.15, -0.1) is 0 Å². The Morgan fingerprint density at radius 2 is 0.658 bits per heavy atom. The lowest BCUT2D eigenvalue weighted by Gasteiger charge is -2.31. The Morgan fingerprint density at radius 1 is 0.411 bits per heavy atom. The summed E-state index contributed by atoms with van der Waals surface area (Å²) in [5, 5.41) is 0. The van der Waals surface area contributed by atoms with Gasteiger partial charge >= 0.3 is 0 Å². The van der Waals surface area contributed by atoms with Crippen molar-refractivity contribution in [2.45, 2.75) is 75.1 Å². The molecule has 3 aliphatic heterocycles. The largest absolute Gasteiger partial charge is 0.361 e. The molecular formula is C60H65F3N6O3S. The fourth-order valence-corrected chi connectivity index (χ4v) is 10.2. The van der Waals surface area contributed by atoms with E-state index in [-0.39, 0.29) is 30.9 Å². The highest BCUT2D eigenvalue weighted by Crippen LogP contribution is 2.49. The second-order valence-corrected chi connectivity index (χ2v) is 19.4. The normalized spacial score (nSPS) is 19.0. The third kappa shape index (κ3) is 12.9. The van der Waals surface area contributed by atoms with E-state index < -0.39 is 16.8 Å². The molecule has 3 unspecified atom stereocenters. The van der Waals surface area contributed by atoms with Crippen LogP contribution in [0.5, 0.6) is 0 Å². The van der Waals surface area contributed by atoms with Gasteiger partial charge in [0.2, 0.25) is 0 Å². The van der Waals surface area contributed by atoms with Gasteiger partial charge in [-0.3, -0.25) is 0 Å². The molecule has 6 aromatic carbocycles. The molecule has 9 rings (SSSR count). The second-order valence-electron chi connectivity index (χ2n) is 19.4. The molecule has 3 heterocycles. The molecule has 6 aromatic rings. The highest BCUT2D eigenvalue weighted by atomic mass is 32.1. The molecular weight excluding hydrogens is 942 g/mol. The summed E-state index contributed by atoms with van der Waals surface area (Å²) in [7, 11) is 12.3. The fourth-order valence-electron chi connectivity index (χ4n) is 10.2. The number of rotatable bonds is 15. The summed E-state index contributed by atoms with van der Waals surface area (Å²) in [5.74, 6) is -0.740. The van der Waals surface area contributed by atoms with Gasteiger partial charge in [0.1, 0.15) is 34.3 Å². The molecule has 0 aromatic heterocycles. The van der Waals surface area contributed by atoms with E-state index in [0.717, 1.165) is 108 Å². The number of nitrogens with zero attached hydrogens (tertiary/aromatic N) is 6. The summed E-state index contributed by atoms with van der Waals surface area (Å²) in [6.07, 6.45) is 5.36. The van der Waals surface area contributed by atoms with E-state index in [2.05, 4.69) is 71.5 Å². The van der Waals surface area contributed by atoms with Crippen LogP contribution >= 0.6 is 13.5 Å². The fraction of sp³-hybridized carbons (Fsp3) is 0.350. The molecule has 0 N–H and O–H groups in total. The molecule has 0 fully saturated rings.